The molecule has 0 atom stereocenters. The zero-order chi connectivity index (χ0) is 20.9. The lowest BCUT2D eigenvalue weighted by molar-refractivity contribution is -0.140. The minimum atomic E-state index is -0.193. The molecule has 1 heterocycles. The van der Waals surface area contributed by atoms with E-state index < -0.39 is 0 Å². The van der Waals surface area contributed by atoms with Gasteiger partial charge in [0.1, 0.15) is 12.4 Å². The predicted molar refractivity (Wildman–Crippen MR) is 119 cm³/mol. The van der Waals surface area contributed by atoms with E-state index in [0.29, 0.717) is 19.4 Å². The Hall–Kier alpha value is -3.53. The van der Waals surface area contributed by atoms with Crippen molar-refractivity contribution in [3.8, 4) is 16.9 Å². The topological polar surface area (TPSA) is 40.5 Å². The number of carbonyl (C=O) groups excluding carboxylic acids is 1. The number of fused-ring (bicyclic) bond motifs is 1. The fourth-order valence-corrected chi connectivity index (χ4v) is 3.57. The molecule has 0 saturated heterocycles. The summed E-state index contributed by atoms with van der Waals surface area (Å²) in [6.45, 7) is 0.503. The number of benzene rings is 3. The van der Waals surface area contributed by atoms with Gasteiger partial charge in [-0.05, 0) is 65.1 Å². The van der Waals surface area contributed by atoms with Gasteiger partial charge in [0, 0.05) is 30.6 Å². The van der Waals surface area contributed by atoms with Gasteiger partial charge in [0.2, 0.25) is 0 Å². The Morgan fingerprint density at radius 3 is 2.50 bits per heavy atom. The van der Waals surface area contributed by atoms with Crippen LogP contribution < -0.4 is 4.74 Å². The van der Waals surface area contributed by atoms with Crippen LogP contribution in [0.2, 0.25) is 0 Å². The third kappa shape index (κ3) is 4.54. The van der Waals surface area contributed by atoms with Gasteiger partial charge in [0.15, 0.2) is 0 Å². The standard InChI is InChI=1S/C26H25NO3/c1-27-15-14-23-17-22(9-12-25(23)27)21-5-3-4-20(16-21)18-30-24-10-6-19(7-11-24)8-13-26(28)29-2/h3-7,9-12,14-17H,8,13,18H2,1-2H3. The molecule has 1 aromatic heterocycles. The molecule has 4 rings (SSSR count). The Kier molecular flexibility index (Phi) is 5.84. The van der Waals surface area contributed by atoms with Gasteiger partial charge in [-0.1, -0.05) is 36.4 Å². The van der Waals surface area contributed by atoms with Crippen LogP contribution >= 0.6 is 0 Å². The zero-order valence-electron chi connectivity index (χ0n) is 17.3. The van der Waals surface area contributed by atoms with Crippen molar-refractivity contribution >= 4 is 16.9 Å². The van der Waals surface area contributed by atoms with Crippen LogP contribution in [0.4, 0.5) is 0 Å². The number of esters is 1. The van der Waals surface area contributed by atoms with Crippen molar-refractivity contribution in [2.24, 2.45) is 7.05 Å². The molecule has 0 amide bonds. The lowest BCUT2D eigenvalue weighted by Gasteiger charge is -2.09. The van der Waals surface area contributed by atoms with E-state index in [1.54, 1.807) is 0 Å². The molecule has 0 N–H and O–H groups in total. The minimum Gasteiger partial charge on any atom is -0.489 e. The highest BCUT2D eigenvalue weighted by molar-refractivity contribution is 5.85. The van der Waals surface area contributed by atoms with Gasteiger partial charge >= 0.3 is 5.97 Å². The van der Waals surface area contributed by atoms with Crippen LogP contribution in [0.25, 0.3) is 22.0 Å². The summed E-state index contributed by atoms with van der Waals surface area (Å²) in [5.41, 5.74) is 5.82. The molecule has 30 heavy (non-hydrogen) atoms. The number of hydrogen-bond donors (Lipinski definition) is 0. The predicted octanol–water partition coefficient (Wildman–Crippen LogP) is 5.53. The van der Waals surface area contributed by atoms with Crippen molar-refractivity contribution < 1.29 is 14.3 Å². The van der Waals surface area contributed by atoms with E-state index >= 15 is 0 Å². The lowest BCUT2D eigenvalue weighted by Crippen LogP contribution is -2.02. The SMILES string of the molecule is COC(=O)CCc1ccc(OCc2cccc(-c3ccc4c(ccn4C)c3)c2)cc1. The number of ether oxygens (including phenoxy) is 2. The van der Waals surface area contributed by atoms with Crippen molar-refractivity contribution in [2.45, 2.75) is 19.4 Å². The number of rotatable bonds is 7. The summed E-state index contributed by atoms with van der Waals surface area (Å²) in [6, 6.07) is 25.0. The van der Waals surface area contributed by atoms with Gasteiger partial charge < -0.3 is 14.0 Å². The van der Waals surface area contributed by atoms with Gasteiger partial charge in [-0.3, -0.25) is 4.79 Å². The molecule has 4 nitrogen and oxygen atoms in total. The smallest absolute Gasteiger partial charge is 0.305 e. The quantitative estimate of drug-likeness (QED) is 0.384. The van der Waals surface area contributed by atoms with E-state index in [2.05, 4.69) is 71.1 Å². The summed E-state index contributed by atoms with van der Waals surface area (Å²) in [6.07, 6.45) is 3.14. The van der Waals surface area contributed by atoms with Crippen molar-refractivity contribution in [1.82, 2.24) is 4.57 Å². The first-order chi connectivity index (χ1) is 14.6. The summed E-state index contributed by atoms with van der Waals surface area (Å²) in [4.78, 5) is 11.3. The minimum absolute atomic E-state index is 0.193. The van der Waals surface area contributed by atoms with E-state index in [0.717, 1.165) is 16.9 Å². The molecule has 0 aliphatic carbocycles. The van der Waals surface area contributed by atoms with E-state index in [4.69, 9.17) is 4.74 Å². The van der Waals surface area contributed by atoms with Crippen LogP contribution in [0.15, 0.2) is 79.0 Å². The first-order valence-corrected chi connectivity index (χ1v) is 10.1. The molecule has 0 bridgehead atoms. The van der Waals surface area contributed by atoms with Crippen LogP contribution in [-0.2, 0) is 29.6 Å². The molecule has 0 spiro atoms. The van der Waals surface area contributed by atoms with Crippen molar-refractivity contribution in [3.05, 3.63) is 90.1 Å². The lowest BCUT2D eigenvalue weighted by atomic mass is 10.0. The molecular formula is C26H25NO3. The van der Waals surface area contributed by atoms with Crippen LogP contribution in [0, 0.1) is 0 Å². The van der Waals surface area contributed by atoms with Gasteiger partial charge in [-0.15, -0.1) is 0 Å². The molecule has 0 fully saturated rings. The molecule has 4 heteroatoms. The maximum atomic E-state index is 11.3. The van der Waals surface area contributed by atoms with Crippen molar-refractivity contribution in [2.75, 3.05) is 7.11 Å². The van der Waals surface area contributed by atoms with E-state index in [9.17, 15) is 4.79 Å². The Labute approximate surface area is 176 Å². The van der Waals surface area contributed by atoms with Crippen LogP contribution in [0.5, 0.6) is 5.75 Å². The third-order valence-electron chi connectivity index (χ3n) is 5.32. The monoisotopic (exact) mass is 399 g/mol. The first kappa shape index (κ1) is 19.8. The number of carbonyl (C=O) groups is 1. The second kappa shape index (κ2) is 8.87. The average molecular weight is 399 g/mol. The summed E-state index contributed by atoms with van der Waals surface area (Å²) in [5, 5.41) is 1.24. The fraction of sp³-hybridized carbons (Fsp3) is 0.192. The van der Waals surface area contributed by atoms with Gasteiger partial charge in [-0.2, -0.15) is 0 Å². The van der Waals surface area contributed by atoms with Gasteiger partial charge in [0.25, 0.3) is 0 Å². The van der Waals surface area contributed by atoms with E-state index in [1.165, 1.54) is 29.1 Å². The molecule has 0 radical (unpaired) electrons. The van der Waals surface area contributed by atoms with E-state index in [-0.39, 0.29) is 5.97 Å². The first-order valence-electron chi connectivity index (χ1n) is 10.1. The van der Waals surface area contributed by atoms with Crippen molar-refractivity contribution in [1.29, 1.82) is 0 Å². The molecule has 152 valence electrons. The molecule has 0 saturated carbocycles. The van der Waals surface area contributed by atoms with E-state index in [1.807, 2.05) is 24.3 Å². The normalized spacial score (nSPS) is 10.9. The Bertz CT molecular complexity index is 1160. The number of nitrogens with zero attached hydrogens (tertiary/aromatic N) is 1. The molecule has 0 unspecified atom stereocenters. The zero-order valence-corrected chi connectivity index (χ0v) is 17.3. The van der Waals surface area contributed by atoms with Crippen LogP contribution in [0.1, 0.15) is 17.5 Å². The highest BCUT2D eigenvalue weighted by Gasteiger charge is 2.05. The second-order valence-electron chi connectivity index (χ2n) is 7.41. The molecule has 3 aromatic carbocycles. The van der Waals surface area contributed by atoms with Gasteiger partial charge in [0.05, 0.1) is 7.11 Å². The summed E-state index contributed by atoms with van der Waals surface area (Å²) in [5.74, 6) is 0.620. The molecule has 0 aliphatic heterocycles. The number of aromatic nitrogens is 1. The second-order valence-corrected chi connectivity index (χ2v) is 7.41. The molecule has 0 aliphatic rings. The van der Waals surface area contributed by atoms with Gasteiger partial charge in [-0.25, -0.2) is 0 Å². The number of aryl methyl sites for hydroxylation is 2. The highest BCUT2D eigenvalue weighted by Crippen LogP contribution is 2.26. The Balaban J connectivity index is 1.41. The number of methoxy groups -OCH3 is 1. The average Bonchev–Trinajstić information content (AvgIpc) is 3.17. The third-order valence-corrected chi connectivity index (χ3v) is 5.32. The Morgan fingerprint density at radius 1 is 0.900 bits per heavy atom. The highest BCUT2D eigenvalue weighted by atomic mass is 16.5. The largest absolute Gasteiger partial charge is 0.489 e. The maximum Gasteiger partial charge on any atom is 0.305 e. The summed E-state index contributed by atoms with van der Waals surface area (Å²) >= 11 is 0. The van der Waals surface area contributed by atoms with Crippen molar-refractivity contribution in [3.63, 3.8) is 0 Å². The van der Waals surface area contributed by atoms with Crippen LogP contribution in [0.3, 0.4) is 0 Å². The molecule has 4 aromatic rings. The maximum absolute atomic E-state index is 11.3. The number of hydrogen-bond acceptors (Lipinski definition) is 3. The summed E-state index contributed by atoms with van der Waals surface area (Å²) in [7, 11) is 3.47. The molecular weight excluding hydrogens is 374 g/mol. The van der Waals surface area contributed by atoms with Crippen LogP contribution in [-0.4, -0.2) is 17.6 Å². The fourth-order valence-electron chi connectivity index (χ4n) is 3.57. The summed E-state index contributed by atoms with van der Waals surface area (Å²) < 4.78 is 12.8. The Morgan fingerprint density at radius 2 is 1.70 bits per heavy atom.